The Hall–Kier alpha value is -0.180. The van der Waals surface area contributed by atoms with Crippen molar-refractivity contribution in [2.24, 2.45) is 16.8 Å². The van der Waals surface area contributed by atoms with Gasteiger partial charge in [0.1, 0.15) is 0 Å². The molecule has 1 aliphatic carbocycles. The van der Waals surface area contributed by atoms with Crippen LogP contribution in [0.15, 0.2) is 4.99 Å². The number of nitrogens with zero attached hydrogens (tertiary/aromatic N) is 1. The van der Waals surface area contributed by atoms with Crippen molar-refractivity contribution in [3.63, 3.8) is 0 Å². The lowest BCUT2D eigenvalue weighted by atomic mass is 9.78. The predicted octanol–water partition coefficient (Wildman–Crippen LogP) is 2.89. The van der Waals surface area contributed by atoms with E-state index in [0.717, 1.165) is 11.8 Å². The van der Waals surface area contributed by atoms with Gasteiger partial charge in [0.25, 0.3) is 0 Å². The summed E-state index contributed by atoms with van der Waals surface area (Å²) in [6.45, 7) is 6.96. The molecule has 1 aliphatic heterocycles. The van der Waals surface area contributed by atoms with Crippen LogP contribution >= 0.6 is 11.8 Å². The van der Waals surface area contributed by atoms with Crippen molar-refractivity contribution in [3.8, 4) is 0 Å². The van der Waals surface area contributed by atoms with Crippen molar-refractivity contribution in [1.82, 2.24) is 5.32 Å². The molecule has 2 aliphatic rings. The van der Waals surface area contributed by atoms with E-state index < -0.39 is 0 Å². The Kier molecular flexibility index (Phi) is 3.60. The standard InChI is InChI=1S/C12H22N2S/c1-8-5-4-6-11(10(8)3)14-12-13-9(2)7-15-12/h8-11H,4-7H2,1-3H3,(H,13,14). The number of nitrogens with one attached hydrogen (secondary N) is 1. The number of thioether (sulfide) groups is 1. The summed E-state index contributed by atoms with van der Waals surface area (Å²) in [7, 11) is 0. The van der Waals surface area contributed by atoms with Crippen molar-refractivity contribution in [3.05, 3.63) is 0 Å². The number of hydrogen-bond acceptors (Lipinski definition) is 2. The molecule has 0 bridgehead atoms. The molecule has 1 heterocycles. The maximum atomic E-state index is 4.89. The van der Waals surface area contributed by atoms with Crippen LogP contribution in [0.2, 0.25) is 0 Å². The molecular formula is C12H22N2S. The third-order valence-corrected chi connectivity index (χ3v) is 4.95. The van der Waals surface area contributed by atoms with Gasteiger partial charge < -0.3 is 5.32 Å². The Morgan fingerprint density at radius 3 is 2.73 bits per heavy atom. The van der Waals surface area contributed by atoms with Crippen LogP contribution in [0.4, 0.5) is 0 Å². The van der Waals surface area contributed by atoms with E-state index >= 15 is 0 Å². The number of aliphatic imine (C=N–C) groups is 1. The Morgan fingerprint density at radius 2 is 2.07 bits per heavy atom. The van der Waals surface area contributed by atoms with Gasteiger partial charge in [-0.3, -0.25) is 4.99 Å². The highest BCUT2D eigenvalue weighted by molar-refractivity contribution is 8.14. The van der Waals surface area contributed by atoms with Crippen molar-refractivity contribution in [2.75, 3.05) is 5.75 Å². The van der Waals surface area contributed by atoms with Gasteiger partial charge in [0.15, 0.2) is 5.17 Å². The van der Waals surface area contributed by atoms with Crippen LogP contribution in [0.3, 0.4) is 0 Å². The molecule has 0 aromatic carbocycles. The summed E-state index contributed by atoms with van der Waals surface area (Å²) in [6.07, 6.45) is 4.03. The molecule has 86 valence electrons. The van der Waals surface area contributed by atoms with E-state index in [9.17, 15) is 0 Å². The van der Waals surface area contributed by atoms with Gasteiger partial charge in [-0.05, 0) is 25.2 Å². The average Bonchev–Trinajstić information content (AvgIpc) is 2.59. The summed E-state index contributed by atoms with van der Waals surface area (Å²) >= 11 is 1.89. The van der Waals surface area contributed by atoms with Gasteiger partial charge in [0.2, 0.25) is 0 Å². The van der Waals surface area contributed by atoms with Crippen molar-refractivity contribution >= 4 is 16.9 Å². The normalized spacial score (nSPS) is 44.3. The minimum absolute atomic E-state index is 0.564. The zero-order chi connectivity index (χ0) is 10.8. The van der Waals surface area contributed by atoms with Crippen molar-refractivity contribution in [1.29, 1.82) is 0 Å². The molecule has 4 unspecified atom stereocenters. The molecule has 0 aromatic heterocycles. The summed E-state index contributed by atoms with van der Waals surface area (Å²) in [4.78, 5) is 4.89. The Labute approximate surface area is 97.3 Å². The quantitative estimate of drug-likeness (QED) is 0.743. The lowest BCUT2D eigenvalue weighted by molar-refractivity contribution is 0.241. The molecule has 0 radical (unpaired) electrons. The smallest absolute Gasteiger partial charge is 0.157 e. The van der Waals surface area contributed by atoms with Gasteiger partial charge in [0, 0.05) is 11.8 Å². The fraction of sp³-hybridized carbons (Fsp3) is 0.917. The van der Waals surface area contributed by atoms with E-state index in [1.807, 2.05) is 11.8 Å². The van der Waals surface area contributed by atoms with Crippen LogP contribution in [-0.2, 0) is 0 Å². The second kappa shape index (κ2) is 4.77. The van der Waals surface area contributed by atoms with Crippen LogP contribution in [-0.4, -0.2) is 23.0 Å². The highest BCUT2D eigenvalue weighted by Crippen LogP contribution is 2.32. The van der Waals surface area contributed by atoms with Crippen LogP contribution in [0.25, 0.3) is 0 Å². The van der Waals surface area contributed by atoms with E-state index in [4.69, 9.17) is 4.99 Å². The number of amidine groups is 1. The summed E-state index contributed by atoms with van der Waals surface area (Å²) < 4.78 is 0. The zero-order valence-corrected chi connectivity index (χ0v) is 10.8. The zero-order valence-electron chi connectivity index (χ0n) is 9.99. The SMILES string of the molecule is CC1CSC(=NC2CCCC(C)C2C)N1. The largest absolute Gasteiger partial charge is 0.362 e. The molecule has 2 rings (SSSR count). The molecule has 2 fully saturated rings. The maximum Gasteiger partial charge on any atom is 0.157 e. The number of rotatable bonds is 1. The molecule has 1 saturated heterocycles. The molecule has 2 nitrogen and oxygen atoms in total. The van der Waals surface area contributed by atoms with Crippen molar-refractivity contribution < 1.29 is 0 Å². The molecular weight excluding hydrogens is 204 g/mol. The highest BCUT2D eigenvalue weighted by Gasteiger charge is 2.28. The number of hydrogen-bond donors (Lipinski definition) is 1. The molecule has 0 amide bonds. The van der Waals surface area contributed by atoms with Crippen LogP contribution in [0.5, 0.6) is 0 Å². The summed E-state index contributed by atoms with van der Waals surface area (Å²) in [5, 5.41) is 4.64. The molecule has 0 spiro atoms. The van der Waals surface area contributed by atoms with Crippen LogP contribution in [0, 0.1) is 11.8 Å². The van der Waals surface area contributed by atoms with Gasteiger partial charge >= 0.3 is 0 Å². The fourth-order valence-electron chi connectivity index (χ4n) is 2.46. The minimum Gasteiger partial charge on any atom is -0.362 e. The molecule has 1 N–H and O–H groups in total. The summed E-state index contributed by atoms with van der Waals surface area (Å²) in [5.41, 5.74) is 0. The second-order valence-corrected chi connectivity index (χ2v) is 6.13. The molecule has 4 atom stereocenters. The monoisotopic (exact) mass is 226 g/mol. The lowest BCUT2D eigenvalue weighted by Gasteiger charge is -2.31. The third kappa shape index (κ3) is 2.68. The van der Waals surface area contributed by atoms with Gasteiger partial charge in [-0.2, -0.15) is 0 Å². The molecule has 3 heteroatoms. The molecule has 15 heavy (non-hydrogen) atoms. The van der Waals surface area contributed by atoms with Gasteiger partial charge in [0.05, 0.1) is 6.04 Å². The average molecular weight is 226 g/mol. The molecule has 1 saturated carbocycles. The van der Waals surface area contributed by atoms with Crippen LogP contribution in [0.1, 0.15) is 40.0 Å². The predicted molar refractivity (Wildman–Crippen MR) is 68.5 cm³/mol. The van der Waals surface area contributed by atoms with E-state index in [1.165, 1.54) is 30.2 Å². The Balaban J connectivity index is 1.98. The maximum absolute atomic E-state index is 4.89. The summed E-state index contributed by atoms with van der Waals surface area (Å²) in [5.74, 6) is 2.77. The summed E-state index contributed by atoms with van der Waals surface area (Å²) in [6, 6.07) is 1.17. The first kappa shape index (κ1) is 11.3. The van der Waals surface area contributed by atoms with E-state index in [-0.39, 0.29) is 0 Å². The third-order valence-electron chi connectivity index (χ3n) is 3.79. The minimum atomic E-state index is 0.564. The van der Waals surface area contributed by atoms with Crippen molar-refractivity contribution in [2.45, 2.75) is 52.1 Å². The Morgan fingerprint density at radius 1 is 1.27 bits per heavy atom. The Bertz CT molecular complexity index is 252. The fourth-order valence-corrected chi connectivity index (χ4v) is 3.44. The highest BCUT2D eigenvalue weighted by atomic mass is 32.2. The van der Waals surface area contributed by atoms with Gasteiger partial charge in [-0.25, -0.2) is 0 Å². The first-order valence-electron chi connectivity index (χ1n) is 6.14. The van der Waals surface area contributed by atoms with E-state index in [1.54, 1.807) is 0 Å². The van der Waals surface area contributed by atoms with E-state index in [2.05, 4.69) is 26.1 Å². The second-order valence-electron chi connectivity index (χ2n) is 5.13. The van der Waals surface area contributed by atoms with Gasteiger partial charge in [-0.15, -0.1) is 0 Å². The van der Waals surface area contributed by atoms with Gasteiger partial charge in [-0.1, -0.05) is 38.5 Å². The molecule has 0 aromatic rings. The van der Waals surface area contributed by atoms with E-state index in [0.29, 0.717) is 12.1 Å². The lowest BCUT2D eigenvalue weighted by Crippen LogP contribution is -2.30. The first-order chi connectivity index (χ1) is 7.16. The van der Waals surface area contributed by atoms with Crippen LogP contribution < -0.4 is 5.32 Å². The first-order valence-corrected chi connectivity index (χ1v) is 7.12. The topological polar surface area (TPSA) is 24.4 Å².